The monoisotopic (exact) mass is 358 g/mol. The van der Waals surface area contributed by atoms with Crippen molar-refractivity contribution in [3.8, 4) is 5.75 Å². The predicted octanol–water partition coefficient (Wildman–Crippen LogP) is 1.32. The van der Waals surface area contributed by atoms with Crippen LogP contribution in [-0.4, -0.2) is 30.5 Å². The van der Waals surface area contributed by atoms with Crippen LogP contribution in [-0.2, 0) is 4.79 Å². The third kappa shape index (κ3) is 4.89. The lowest BCUT2D eigenvalue weighted by atomic mass is 10.1. The predicted molar refractivity (Wildman–Crippen MR) is 94.1 cm³/mol. The van der Waals surface area contributed by atoms with Crippen LogP contribution in [0.4, 0.5) is 5.69 Å². The molecule has 2 aliphatic carbocycles. The molecule has 0 unspecified atom stereocenters. The number of nitrogens with two attached hydrogens (primary N) is 1. The number of nitrogens with one attached hydrogen (secondary N) is 3. The van der Waals surface area contributed by atoms with E-state index >= 15 is 0 Å². The highest BCUT2D eigenvalue weighted by Crippen LogP contribution is 2.24. The topological polar surface area (TPSA) is 120 Å². The molecule has 26 heavy (non-hydrogen) atoms. The van der Waals surface area contributed by atoms with Crippen molar-refractivity contribution in [2.45, 2.75) is 44.7 Å². The highest BCUT2D eigenvalue weighted by atomic mass is 16.5. The lowest BCUT2D eigenvalue weighted by molar-refractivity contribution is -0.497. The number of carbonyl (C=O) groups excluding carboxylic acids is 2. The van der Waals surface area contributed by atoms with Crippen LogP contribution in [0.5, 0.6) is 5.75 Å². The zero-order valence-corrected chi connectivity index (χ0v) is 14.7. The average molecular weight is 358 g/mol. The van der Waals surface area contributed by atoms with E-state index in [0.717, 1.165) is 31.4 Å². The molecule has 2 saturated carbocycles. The molecule has 1 aromatic rings. The van der Waals surface area contributed by atoms with Gasteiger partial charge in [0.2, 0.25) is 5.70 Å². The molecule has 5 N–H and O–H groups in total. The first-order valence-electron chi connectivity index (χ1n) is 8.91. The van der Waals surface area contributed by atoms with Gasteiger partial charge in [-0.2, -0.15) is 0 Å². The Morgan fingerprint density at radius 1 is 1.27 bits per heavy atom. The maximum atomic E-state index is 12.2. The first-order valence-corrected chi connectivity index (χ1v) is 8.91. The lowest BCUT2D eigenvalue weighted by Crippen LogP contribution is -2.71. The van der Waals surface area contributed by atoms with Gasteiger partial charge in [-0.3, -0.25) is 14.9 Å². The van der Waals surface area contributed by atoms with Gasteiger partial charge in [0.25, 0.3) is 11.8 Å². The summed E-state index contributed by atoms with van der Waals surface area (Å²) < 4.78 is 5.63. The van der Waals surface area contributed by atoms with Crippen molar-refractivity contribution in [1.82, 2.24) is 10.6 Å². The Balaban J connectivity index is 1.72. The molecule has 0 bridgehead atoms. The van der Waals surface area contributed by atoms with Gasteiger partial charge in [-0.05, 0) is 44.7 Å². The minimum absolute atomic E-state index is 0.0369. The number of hydrogen-bond acceptors (Lipinski definition) is 5. The van der Waals surface area contributed by atoms with E-state index in [4.69, 9.17) is 10.3 Å². The Hall–Kier alpha value is -2.74. The van der Waals surface area contributed by atoms with Crippen molar-refractivity contribution < 1.29 is 19.6 Å². The van der Waals surface area contributed by atoms with E-state index in [2.05, 4.69) is 15.7 Å². The Morgan fingerprint density at radius 2 is 1.96 bits per heavy atom. The fourth-order valence-electron chi connectivity index (χ4n) is 2.41. The number of amides is 2. The first-order chi connectivity index (χ1) is 12.6. The minimum Gasteiger partial charge on any atom is -0.488 e. The van der Waals surface area contributed by atoms with Crippen molar-refractivity contribution in [3.63, 3.8) is 0 Å². The molecule has 0 atom stereocenters. The average Bonchev–Trinajstić information content (AvgIpc) is 3.53. The van der Waals surface area contributed by atoms with Crippen LogP contribution in [0.1, 0.15) is 43.0 Å². The largest absolute Gasteiger partial charge is 0.488 e. The van der Waals surface area contributed by atoms with Crippen LogP contribution < -0.4 is 20.7 Å². The molecule has 2 fully saturated rings. The Kier molecular flexibility index (Phi) is 5.62. The third-order valence-electron chi connectivity index (χ3n) is 4.17. The van der Waals surface area contributed by atoms with Crippen LogP contribution in [0.25, 0.3) is 0 Å². The second kappa shape index (κ2) is 8.09. The molecule has 3 rings (SSSR count). The zero-order chi connectivity index (χ0) is 18.5. The SMILES string of the molecule is CCOc1cc(C(=O)NC2CC2)ccc1[NH2+]/C=C(\N=N)C(=O)NC1CC1. The molecular formula is C18H24N5O3+. The molecule has 0 aliphatic heterocycles. The zero-order valence-electron chi connectivity index (χ0n) is 14.7. The second-order valence-corrected chi connectivity index (χ2v) is 6.51. The summed E-state index contributed by atoms with van der Waals surface area (Å²) in [5.41, 5.74) is 8.50. The van der Waals surface area contributed by atoms with Crippen LogP contribution in [0.15, 0.2) is 35.2 Å². The summed E-state index contributed by atoms with van der Waals surface area (Å²) in [6, 6.07) is 5.68. The summed E-state index contributed by atoms with van der Waals surface area (Å²) in [6.07, 6.45) is 5.50. The Bertz CT molecular complexity index is 738. The third-order valence-corrected chi connectivity index (χ3v) is 4.17. The summed E-state index contributed by atoms with van der Waals surface area (Å²) in [5.74, 6) is 0.0949. The van der Waals surface area contributed by atoms with E-state index in [1.54, 1.807) is 23.5 Å². The number of benzene rings is 1. The van der Waals surface area contributed by atoms with Crippen molar-refractivity contribution >= 4 is 17.5 Å². The van der Waals surface area contributed by atoms with E-state index in [1.807, 2.05) is 6.92 Å². The van der Waals surface area contributed by atoms with Crippen molar-refractivity contribution in [2.24, 2.45) is 5.11 Å². The number of nitrogens with zero attached hydrogens (tertiary/aromatic N) is 1. The molecule has 1 aromatic carbocycles. The maximum Gasteiger partial charge on any atom is 0.277 e. The van der Waals surface area contributed by atoms with Gasteiger partial charge in [0.05, 0.1) is 6.61 Å². The van der Waals surface area contributed by atoms with Gasteiger partial charge >= 0.3 is 0 Å². The summed E-state index contributed by atoms with van der Waals surface area (Å²) in [7, 11) is 0. The number of ether oxygens (including phenoxy) is 1. The van der Waals surface area contributed by atoms with Crippen LogP contribution in [0, 0.1) is 5.53 Å². The molecule has 8 heteroatoms. The van der Waals surface area contributed by atoms with E-state index < -0.39 is 0 Å². The molecule has 138 valence electrons. The standard InChI is InChI=1S/C18H23N5O3/c1-2-26-16-9-11(17(24)21-12-4-5-12)3-8-14(16)20-10-15(23-19)18(25)22-13-6-7-13/h3,8-10,12-13,19-20H,2,4-7H2,1H3,(H,21,24)(H,22,25)/p+1/b15-10-,23-19?. The normalized spacial score (nSPS) is 16.7. The summed E-state index contributed by atoms with van der Waals surface area (Å²) >= 11 is 0. The molecule has 2 aliphatic rings. The lowest BCUT2D eigenvalue weighted by Gasteiger charge is -2.09. The number of quaternary nitrogens is 1. The fraction of sp³-hybridized carbons (Fsp3) is 0.444. The molecule has 0 saturated heterocycles. The molecular weight excluding hydrogens is 334 g/mol. The first kappa shape index (κ1) is 18.1. The molecule has 2 amide bonds. The quantitative estimate of drug-likeness (QED) is 0.303. The van der Waals surface area contributed by atoms with E-state index in [-0.39, 0.29) is 23.6 Å². The molecule has 8 nitrogen and oxygen atoms in total. The van der Waals surface area contributed by atoms with Gasteiger partial charge in [-0.15, -0.1) is 5.11 Å². The highest BCUT2D eigenvalue weighted by molar-refractivity contribution is 5.95. The smallest absolute Gasteiger partial charge is 0.277 e. The van der Waals surface area contributed by atoms with Gasteiger partial charge in [-0.25, -0.2) is 5.53 Å². The van der Waals surface area contributed by atoms with Crippen LogP contribution in [0.3, 0.4) is 0 Å². The number of rotatable bonds is 9. The summed E-state index contributed by atoms with van der Waals surface area (Å²) in [5, 5.41) is 10.7. The molecule has 0 radical (unpaired) electrons. The van der Waals surface area contributed by atoms with Crippen LogP contribution in [0.2, 0.25) is 0 Å². The molecule has 0 spiro atoms. The van der Waals surface area contributed by atoms with Crippen molar-refractivity contribution in [2.75, 3.05) is 6.61 Å². The minimum atomic E-state index is -0.350. The Morgan fingerprint density at radius 3 is 2.58 bits per heavy atom. The van der Waals surface area contributed by atoms with E-state index in [1.165, 1.54) is 6.20 Å². The van der Waals surface area contributed by atoms with E-state index in [0.29, 0.717) is 24.0 Å². The van der Waals surface area contributed by atoms with Gasteiger partial charge in [0.15, 0.2) is 11.4 Å². The van der Waals surface area contributed by atoms with Gasteiger partial charge in [0, 0.05) is 23.7 Å². The fourth-order valence-corrected chi connectivity index (χ4v) is 2.41. The van der Waals surface area contributed by atoms with Crippen LogP contribution >= 0.6 is 0 Å². The summed E-state index contributed by atoms with van der Waals surface area (Å²) in [4.78, 5) is 24.2. The van der Waals surface area contributed by atoms with E-state index in [9.17, 15) is 9.59 Å². The van der Waals surface area contributed by atoms with Gasteiger partial charge in [-0.1, -0.05) is 0 Å². The summed E-state index contributed by atoms with van der Waals surface area (Å²) in [6.45, 7) is 2.32. The number of carbonyl (C=O) groups is 2. The highest BCUT2D eigenvalue weighted by Gasteiger charge is 2.26. The second-order valence-electron chi connectivity index (χ2n) is 6.51. The Labute approximate surface area is 151 Å². The molecule has 0 aromatic heterocycles. The van der Waals surface area contributed by atoms with Gasteiger partial charge < -0.3 is 15.4 Å². The number of hydrogen-bond donors (Lipinski definition) is 4. The van der Waals surface area contributed by atoms with Crippen molar-refractivity contribution in [3.05, 3.63) is 35.7 Å². The van der Waals surface area contributed by atoms with Gasteiger partial charge in [0.1, 0.15) is 6.20 Å². The maximum absolute atomic E-state index is 12.2. The van der Waals surface area contributed by atoms with Crippen molar-refractivity contribution in [1.29, 1.82) is 5.53 Å². The molecule has 0 heterocycles.